The average Bonchev–Trinajstić information content (AvgIpc) is 2.60. The number of aromatic hydroxyl groups is 1. The number of fused-ring (bicyclic) bond motifs is 2. The molecule has 1 aromatic carbocycles. The Morgan fingerprint density at radius 1 is 1.23 bits per heavy atom. The number of hydrogen-bond acceptors (Lipinski definition) is 6. The van der Waals surface area contributed by atoms with Gasteiger partial charge < -0.3 is 21.3 Å². The maximum absolute atomic E-state index is 9.79. The molecule has 3 rings (SSSR count). The van der Waals surface area contributed by atoms with Crippen molar-refractivity contribution < 1.29 is 9.84 Å². The first-order valence-electron chi connectivity index (χ1n) is 9.06. The largest absolute Gasteiger partial charge is 0.508 e. The Labute approximate surface area is 153 Å². The molecule has 6 nitrogen and oxygen atoms in total. The maximum Gasteiger partial charge on any atom is 0.227 e. The first-order chi connectivity index (χ1) is 12.6. The molecule has 1 atom stereocenters. The van der Waals surface area contributed by atoms with E-state index in [0.717, 1.165) is 30.4 Å². The van der Waals surface area contributed by atoms with Crippen LogP contribution < -0.4 is 16.2 Å². The zero-order valence-corrected chi connectivity index (χ0v) is 15.0. The summed E-state index contributed by atoms with van der Waals surface area (Å²) in [5.41, 5.74) is 14.4. The molecule has 1 aliphatic heterocycles. The molecule has 2 heterocycles. The number of anilines is 2. The smallest absolute Gasteiger partial charge is 0.227 e. The number of nitriles is 1. The molecule has 0 amide bonds. The van der Waals surface area contributed by atoms with Gasteiger partial charge in [0.05, 0.1) is 5.69 Å². The number of unbranched alkanes of at least 4 members (excludes halogenated alkanes) is 4. The van der Waals surface area contributed by atoms with Crippen LogP contribution in [-0.2, 0) is 0 Å². The van der Waals surface area contributed by atoms with Crippen LogP contribution in [0.2, 0.25) is 0 Å². The third-order valence-corrected chi connectivity index (χ3v) is 4.90. The molecule has 0 saturated heterocycles. The summed E-state index contributed by atoms with van der Waals surface area (Å²) >= 11 is 0. The fourth-order valence-electron chi connectivity index (χ4n) is 3.56. The molecule has 1 unspecified atom stereocenters. The lowest BCUT2D eigenvalue weighted by Gasteiger charge is -2.29. The van der Waals surface area contributed by atoms with Crippen LogP contribution in [0.25, 0.3) is 0 Å². The molecule has 2 aromatic rings. The summed E-state index contributed by atoms with van der Waals surface area (Å²) in [5, 5.41) is 19.2. The summed E-state index contributed by atoms with van der Waals surface area (Å²) < 4.78 is 5.85. The molecule has 26 heavy (non-hydrogen) atoms. The predicted octanol–water partition coefficient (Wildman–Crippen LogP) is 4.42. The Morgan fingerprint density at radius 3 is 2.73 bits per heavy atom. The van der Waals surface area contributed by atoms with Crippen molar-refractivity contribution in [2.24, 2.45) is 0 Å². The zero-order valence-electron chi connectivity index (χ0n) is 15.0. The van der Waals surface area contributed by atoms with Gasteiger partial charge in [0.1, 0.15) is 28.9 Å². The Balaban J connectivity index is 2.00. The van der Waals surface area contributed by atoms with Gasteiger partial charge in [-0.05, 0) is 12.5 Å². The Bertz CT molecular complexity index is 858. The summed E-state index contributed by atoms with van der Waals surface area (Å²) in [6.45, 7) is 2.19. The molecule has 0 saturated carbocycles. The number of nitrogens with two attached hydrogens (primary N) is 2. The minimum atomic E-state index is -0.0313. The highest BCUT2D eigenvalue weighted by atomic mass is 16.5. The van der Waals surface area contributed by atoms with Crippen LogP contribution in [0.4, 0.5) is 11.5 Å². The molecule has 1 aromatic heterocycles. The van der Waals surface area contributed by atoms with Gasteiger partial charge in [-0.15, -0.1) is 0 Å². The monoisotopic (exact) mass is 352 g/mol. The second-order valence-electron chi connectivity index (χ2n) is 6.70. The van der Waals surface area contributed by atoms with Gasteiger partial charge in [0.15, 0.2) is 0 Å². The van der Waals surface area contributed by atoms with Crippen LogP contribution in [0.1, 0.15) is 68.1 Å². The van der Waals surface area contributed by atoms with Crippen molar-refractivity contribution >= 4 is 11.5 Å². The standard InChI is InChI=1S/C20H24N4O2/c1-2-3-4-5-6-7-14-13-9-8-12(25)10-16(13)26-20-17(14)18(22)15(11-21)19(23)24-20/h8-10,14,25H,2-7H2,1H3,(H4,22,23,24). The summed E-state index contributed by atoms with van der Waals surface area (Å²) in [5.74, 6) is 1.05. The third kappa shape index (κ3) is 3.25. The molecular formula is C20H24N4O2. The SMILES string of the molecule is CCCCCCCC1c2ccc(O)cc2Oc2nc(N)c(C#N)c(N)c21. The minimum absolute atomic E-state index is 0.0313. The van der Waals surface area contributed by atoms with Gasteiger partial charge in [0.25, 0.3) is 0 Å². The highest BCUT2D eigenvalue weighted by molar-refractivity contribution is 5.73. The number of phenols is 1. The van der Waals surface area contributed by atoms with Gasteiger partial charge in [0, 0.05) is 23.1 Å². The highest BCUT2D eigenvalue weighted by Gasteiger charge is 2.32. The lowest BCUT2D eigenvalue weighted by Crippen LogP contribution is -2.16. The van der Waals surface area contributed by atoms with Crippen LogP contribution in [0, 0.1) is 11.3 Å². The van der Waals surface area contributed by atoms with E-state index in [4.69, 9.17) is 16.2 Å². The van der Waals surface area contributed by atoms with Crippen LogP contribution in [0.3, 0.4) is 0 Å². The van der Waals surface area contributed by atoms with E-state index >= 15 is 0 Å². The highest BCUT2D eigenvalue weighted by Crippen LogP contribution is 2.50. The number of nitrogens with zero attached hydrogens (tertiary/aromatic N) is 2. The van der Waals surface area contributed by atoms with E-state index in [0.29, 0.717) is 17.3 Å². The van der Waals surface area contributed by atoms with Gasteiger partial charge >= 0.3 is 0 Å². The zero-order chi connectivity index (χ0) is 18.7. The quantitative estimate of drug-likeness (QED) is 0.662. The summed E-state index contributed by atoms with van der Waals surface area (Å²) in [6, 6.07) is 7.12. The van der Waals surface area contributed by atoms with Crippen LogP contribution >= 0.6 is 0 Å². The van der Waals surface area contributed by atoms with Crippen molar-refractivity contribution in [3.05, 3.63) is 34.9 Å². The summed E-state index contributed by atoms with van der Waals surface area (Å²) in [6.07, 6.45) is 6.68. The third-order valence-electron chi connectivity index (χ3n) is 4.90. The number of aromatic nitrogens is 1. The number of pyridine rings is 1. The number of benzene rings is 1. The van der Waals surface area contributed by atoms with Crippen LogP contribution in [0.5, 0.6) is 17.4 Å². The Kier molecular flexibility index (Phi) is 5.17. The maximum atomic E-state index is 9.79. The molecule has 6 heteroatoms. The second kappa shape index (κ2) is 7.52. The molecule has 1 aliphatic rings. The first kappa shape index (κ1) is 17.9. The van der Waals surface area contributed by atoms with E-state index in [-0.39, 0.29) is 23.0 Å². The molecular weight excluding hydrogens is 328 g/mol. The van der Waals surface area contributed by atoms with Crippen molar-refractivity contribution in [3.8, 4) is 23.4 Å². The van der Waals surface area contributed by atoms with E-state index in [1.165, 1.54) is 19.3 Å². The fourth-order valence-corrected chi connectivity index (χ4v) is 3.56. The van der Waals surface area contributed by atoms with E-state index in [1.54, 1.807) is 12.1 Å². The molecule has 0 bridgehead atoms. The predicted molar refractivity (Wildman–Crippen MR) is 101 cm³/mol. The van der Waals surface area contributed by atoms with Crippen molar-refractivity contribution in [2.45, 2.75) is 51.4 Å². The van der Waals surface area contributed by atoms with Gasteiger partial charge in [-0.3, -0.25) is 0 Å². The molecule has 0 radical (unpaired) electrons. The number of nitrogen functional groups attached to an aromatic ring is 2. The molecule has 0 aliphatic carbocycles. The molecule has 136 valence electrons. The number of phenolic OH excluding ortho intramolecular Hbond substituents is 1. The number of hydrogen-bond donors (Lipinski definition) is 3. The number of ether oxygens (including phenoxy) is 1. The van der Waals surface area contributed by atoms with E-state index in [9.17, 15) is 10.4 Å². The second-order valence-corrected chi connectivity index (χ2v) is 6.70. The van der Waals surface area contributed by atoms with Gasteiger partial charge in [-0.2, -0.15) is 10.2 Å². The Morgan fingerprint density at radius 2 is 2.00 bits per heavy atom. The van der Waals surface area contributed by atoms with Crippen molar-refractivity contribution in [1.82, 2.24) is 4.98 Å². The molecule has 0 spiro atoms. The van der Waals surface area contributed by atoms with Crippen molar-refractivity contribution in [1.29, 1.82) is 5.26 Å². The van der Waals surface area contributed by atoms with Gasteiger partial charge in [-0.25, -0.2) is 0 Å². The average molecular weight is 352 g/mol. The summed E-state index contributed by atoms with van der Waals surface area (Å²) in [7, 11) is 0. The van der Waals surface area contributed by atoms with Crippen molar-refractivity contribution in [2.75, 3.05) is 11.5 Å². The molecule has 0 fully saturated rings. The van der Waals surface area contributed by atoms with Gasteiger partial charge in [0.2, 0.25) is 5.88 Å². The van der Waals surface area contributed by atoms with Crippen LogP contribution in [-0.4, -0.2) is 10.1 Å². The lowest BCUT2D eigenvalue weighted by molar-refractivity contribution is 0.412. The topological polar surface area (TPSA) is 118 Å². The Hall–Kier alpha value is -2.94. The van der Waals surface area contributed by atoms with Crippen molar-refractivity contribution in [3.63, 3.8) is 0 Å². The van der Waals surface area contributed by atoms with E-state index in [2.05, 4.69) is 11.9 Å². The minimum Gasteiger partial charge on any atom is -0.508 e. The normalized spacial score (nSPS) is 14.8. The van der Waals surface area contributed by atoms with Crippen LogP contribution in [0.15, 0.2) is 18.2 Å². The van der Waals surface area contributed by atoms with E-state index in [1.807, 2.05) is 12.1 Å². The fraction of sp³-hybridized carbons (Fsp3) is 0.400. The van der Waals surface area contributed by atoms with E-state index < -0.39 is 0 Å². The summed E-state index contributed by atoms with van der Waals surface area (Å²) in [4.78, 5) is 4.25. The van der Waals surface area contributed by atoms with Gasteiger partial charge in [-0.1, -0.05) is 45.1 Å². The number of rotatable bonds is 6. The first-order valence-corrected chi connectivity index (χ1v) is 9.06. The molecule has 5 N–H and O–H groups in total. The lowest BCUT2D eigenvalue weighted by atomic mass is 9.83.